The second-order valence-electron chi connectivity index (χ2n) is 7.01. The highest BCUT2D eigenvalue weighted by molar-refractivity contribution is 5.79. The number of aliphatic imine (C=N–C) groups is 1. The van der Waals surface area contributed by atoms with Gasteiger partial charge >= 0.3 is 6.18 Å². The first-order valence-corrected chi connectivity index (χ1v) is 9.22. The molecule has 0 spiro atoms. The van der Waals surface area contributed by atoms with E-state index in [1.165, 1.54) is 6.07 Å². The predicted octanol–water partition coefficient (Wildman–Crippen LogP) is 3.62. The summed E-state index contributed by atoms with van der Waals surface area (Å²) in [6.45, 7) is 5.09. The number of rotatable bonds is 4. The van der Waals surface area contributed by atoms with Gasteiger partial charge in [-0.1, -0.05) is 31.8 Å². The average Bonchev–Trinajstić information content (AvgIpc) is 3.01. The zero-order chi connectivity index (χ0) is 21.6. The van der Waals surface area contributed by atoms with E-state index in [1.807, 2.05) is 25.2 Å². The molecule has 1 aromatic heterocycles. The van der Waals surface area contributed by atoms with Crippen molar-refractivity contribution in [2.24, 2.45) is 12.0 Å². The standard InChI is InChI=1S/C21H26F3N5/c1-15(2)19-17(14-29(5)27-19)13-28(4)20(25-3)26-11-7-9-16-8-6-10-18(12-16)21(22,23)24/h6,8,10,12,14-15H,11,13H2,1-5H3,(H,25,26). The molecule has 0 bridgehead atoms. The lowest BCUT2D eigenvalue weighted by molar-refractivity contribution is -0.137. The number of nitrogens with one attached hydrogen (secondary N) is 1. The largest absolute Gasteiger partial charge is 0.416 e. The monoisotopic (exact) mass is 405 g/mol. The molecule has 0 fully saturated rings. The smallest absolute Gasteiger partial charge is 0.345 e. The van der Waals surface area contributed by atoms with Crippen LogP contribution in [0.2, 0.25) is 0 Å². The van der Waals surface area contributed by atoms with E-state index in [-0.39, 0.29) is 6.54 Å². The van der Waals surface area contributed by atoms with Crippen LogP contribution in [0.15, 0.2) is 35.5 Å². The fourth-order valence-electron chi connectivity index (χ4n) is 2.92. The van der Waals surface area contributed by atoms with Crippen LogP contribution < -0.4 is 5.32 Å². The first-order valence-electron chi connectivity index (χ1n) is 9.22. The first kappa shape index (κ1) is 22.3. The number of benzene rings is 1. The van der Waals surface area contributed by atoms with Crippen molar-refractivity contribution in [2.45, 2.75) is 32.5 Å². The molecule has 1 N–H and O–H groups in total. The molecule has 156 valence electrons. The van der Waals surface area contributed by atoms with Gasteiger partial charge in [0.2, 0.25) is 0 Å². The van der Waals surface area contributed by atoms with Gasteiger partial charge in [-0.3, -0.25) is 9.67 Å². The second-order valence-corrected chi connectivity index (χ2v) is 7.01. The summed E-state index contributed by atoms with van der Waals surface area (Å²) >= 11 is 0. The highest BCUT2D eigenvalue weighted by atomic mass is 19.4. The first-order chi connectivity index (χ1) is 13.6. The van der Waals surface area contributed by atoms with E-state index in [0.29, 0.717) is 24.0 Å². The maximum Gasteiger partial charge on any atom is 0.416 e. The maximum absolute atomic E-state index is 12.8. The molecule has 0 atom stereocenters. The molecular formula is C21H26F3N5. The Morgan fingerprint density at radius 1 is 1.34 bits per heavy atom. The summed E-state index contributed by atoms with van der Waals surface area (Å²) in [6, 6.07) is 4.99. The summed E-state index contributed by atoms with van der Waals surface area (Å²) in [5, 5.41) is 7.62. The Balaban J connectivity index is 1.99. The van der Waals surface area contributed by atoms with E-state index in [4.69, 9.17) is 0 Å². The third-order valence-electron chi connectivity index (χ3n) is 4.22. The zero-order valence-corrected chi connectivity index (χ0v) is 17.3. The van der Waals surface area contributed by atoms with E-state index < -0.39 is 11.7 Å². The van der Waals surface area contributed by atoms with Crippen LogP contribution in [0.5, 0.6) is 0 Å². The van der Waals surface area contributed by atoms with Crippen LogP contribution in [-0.2, 0) is 19.8 Å². The van der Waals surface area contributed by atoms with E-state index in [2.05, 4.69) is 41.1 Å². The summed E-state index contributed by atoms with van der Waals surface area (Å²) in [4.78, 5) is 6.20. The van der Waals surface area contributed by atoms with Gasteiger partial charge in [-0.2, -0.15) is 18.3 Å². The van der Waals surface area contributed by atoms with Gasteiger partial charge in [0.25, 0.3) is 0 Å². The van der Waals surface area contributed by atoms with Crippen LogP contribution >= 0.6 is 0 Å². The number of aromatic nitrogens is 2. The van der Waals surface area contributed by atoms with Crippen molar-refractivity contribution in [3.8, 4) is 11.8 Å². The molecule has 1 heterocycles. The van der Waals surface area contributed by atoms with Gasteiger partial charge in [0.15, 0.2) is 5.96 Å². The Hall–Kier alpha value is -2.95. The molecule has 0 aliphatic carbocycles. The SMILES string of the molecule is CN=C(NCC#Cc1cccc(C(F)(F)F)c1)N(C)Cc1cn(C)nc1C(C)C. The molecule has 2 aromatic rings. The number of nitrogens with zero attached hydrogens (tertiary/aromatic N) is 4. The van der Waals surface area contributed by atoms with Gasteiger partial charge in [-0.05, 0) is 24.1 Å². The van der Waals surface area contributed by atoms with Gasteiger partial charge < -0.3 is 10.2 Å². The van der Waals surface area contributed by atoms with E-state index in [0.717, 1.165) is 23.4 Å². The van der Waals surface area contributed by atoms with Crippen LogP contribution in [0.4, 0.5) is 13.2 Å². The third kappa shape index (κ3) is 6.28. The molecule has 0 unspecified atom stereocenters. The summed E-state index contributed by atoms with van der Waals surface area (Å²) in [6.07, 6.45) is -2.38. The molecule has 0 radical (unpaired) electrons. The van der Waals surface area contributed by atoms with Crippen molar-refractivity contribution in [1.29, 1.82) is 0 Å². The summed E-state index contributed by atoms with van der Waals surface area (Å²) < 4.78 is 40.1. The normalized spacial score (nSPS) is 12.0. The average molecular weight is 405 g/mol. The van der Waals surface area contributed by atoms with E-state index in [1.54, 1.807) is 17.8 Å². The number of alkyl halides is 3. The number of hydrogen-bond donors (Lipinski definition) is 1. The zero-order valence-electron chi connectivity index (χ0n) is 17.3. The number of hydrogen-bond acceptors (Lipinski definition) is 2. The quantitative estimate of drug-likeness (QED) is 0.480. The maximum atomic E-state index is 12.8. The Morgan fingerprint density at radius 2 is 2.07 bits per heavy atom. The lowest BCUT2D eigenvalue weighted by Gasteiger charge is -2.21. The van der Waals surface area contributed by atoms with Gasteiger partial charge in [-0.15, -0.1) is 0 Å². The molecule has 5 nitrogen and oxygen atoms in total. The minimum absolute atomic E-state index is 0.261. The van der Waals surface area contributed by atoms with Crippen LogP contribution in [0.3, 0.4) is 0 Å². The van der Waals surface area contributed by atoms with E-state index >= 15 is 0 Å². The van der Waals surface area contributed by atoms with Crippen molar-refractivity contribution in [3.63, 3.8) is 0 Å². The van der Waals surface area contributed by atoms with Gasteiger partial charge in [0, 0.05) is 45.0 Å². The molecular weight excluding hydrogens is 379 g/mol. The van der Waals surface area contributed by atoms with Crippen molar-refractivity contribution in [2.75, 3.05) is 20.6 Å². The molecule has 29 heavy (non-hydrogen) atoms. The van der Waals surface area contributed by atoms with Crippen molar-refractivity contribution in [3.05, 3.63) is 52.8 Å². The summed E-state index contributed by atoms with van der Waals surface area (Å²) in [7, 11) is 5.48. The fourth-order valence-corrected chi connectivity index (χ4v) is 2.92. The lowest BCUT2D eigenvalue weighted by Crippen LogP contribution is -2.38. The molecule has 2 rings (SSSR count). The van der Waals surface area contributed by atoms with Crippen molar-refractivity contribution in [1.82, 2.24) is 20.0 Å². The van der Waals surface area contributed by atoms with Crippen molar-refractivity contribution < 1.29 is 13.2 Å². The van der Waals surface area contributed by atoms with E-state index in [9.17, 15) is 13.2 Å². The minimum atomic E-state index is -4.37. The molecule has 0 saturated heterocycles. The predicted molar refractivity (Wildman–Crippen MR) is 108 cm³/mol. The fraction of sp³-hybridized carbons (Fsp3) is 0.429. The van der Waals surface area contributed by atoms with Crippen LogP contribution in [0.1, 0.15) is 42.1 Å². The topological polar surface area (TPSA) is 45.5 Å². The van der Waals surface area contributed by atoms with Gasteiger partial charge in [0.1, 0.15) is 0 Å². The number of aryl methyl sites for hydroxylation is 1. The molecule has 0 aliphatic rings. The highest BCUT2D eigenvalue weighted by Crippen LogP contribution is 2.29. The van der Waals surface area contributed by atoms with Crippen LogP contribution in [-0.4, -0.2) is 41.3 Å². The Morgan fingerprint density at radius 3 is 2.69 bits per heavy atom. The second kappa shape index (κ2) is 9.50. The molecule has 0 aliphatic heterocycles. The summed E-state index contributed by atoms with van der Waals surface area (Å²) in [5.41, 5.74) is 1.77. The molecule has 1 aromatic carbocycles. The van der Waals surface area contributed by atoms with Crippen LogP contribution in [0.25, 0.3) is 0 Å². The number of guanidine groups is 1. The Labute approximate surface area is 169 Å². The number of halogens is 3. The third-order valence-corrected chi connectivity index (χ3v) is 4.22. The minimum Gasteiger partial charge on any atom is -0.345 e. The molecule has 0 amide bonds. The highest BCUT2D eigenvalue weighted by Gasteiger charge is 2.30. The van der Waals surface area contributed by atoms with Gasteiger partial charge in [0.05, 0.1) is 17.8 Å². The molecule has 8 heteroatoms. The van der Waals surface area contributed by atoms with Crippen molar-refractivity contribution >= 4 is 5.96 Å². The van der Waals surface area contributed by atoms with Crippen LogP contribution in [0, 0.1) is 11.8 Å². The Bertz CT molecular complexity index is 916. The molecule has 0 saturated carbocycles. The summed E-state index contributed by atoms with van der Waals surface area (Å²) in [5.74, 6) is 6.55. The lowest BCUT2D eigenvalue weighted by atomic mass is 10.1. The Kier molecular flexibility index (Phi) is 7.32. The van der Waals surface area contributed by atoms with Gasteiger partial charge in [-0.25, -0.2) is 0 Å².